The molecule has 1 aromatic heterocycles. The minimum absolute atomic E-state index is 0.670. The quantitative estimate of drug-likeness (QED) is 0.908. The fraction of sp³-hybridized carbons (Fsp3) is 0.400. The molecule has 0 spiro atoms. The van der Waals surface area contributed by atoms with Crippen molar-refractivity contribution >= 4 is 0 Å². The molecule has 1 aliphatic rings. The highest BCUT2D eigenvalue weighted by Crippen LogP contribution is 2.23. The van der Waals surface area contributed by atoms with E-state index in [9.17, 15) is 0 Å². The van der Waals surface area contributed by atoms with E-state index in [1.165, 1.54) is 6.42 Å². The highest BCUT2D eigenvalue weighted by Gasteiger charge is 2.15. The molecule has 0 saturated carbocycles. The van der Waals surface area contributed by atoms with Gasteiger partial charge in [0.1, 0.15) is 11.5 Å². The Morgan fingerprint density at radius 1 is 1.25 bits per heavy atom. The summed E-state index contributed by atoms with van der Waals surface area (Å²) >= 11 is 0. The van der Waals surface area contributed by atoms with Gasteiger partial charge in [0, 0.05) is 6.54 Å². The summed E-state index contributed by atoms with van der Waals surface area (Å²) in [5.74, 6) is 3.04. The summed E-state index contributed by atoms with van der Waals surface area (Å²) in [6.07, 6.45) is 4.92. The molecule has 106 valence electrons. The molecule has 3 rings (SSSR count). The fourth-order valence-corrected chi connectivity index (χ4v) is 2.41. The number of nitrogens with one attached hydrogen (secondary N) is 1. The van der Waals surface area contributed by atoms with Gasteiger partial charge in [-0.2, -0.15) is 5.10 Å². The van der Waals surface area contributed by atoms with Gasteiger partial charge in [0.15, 0.2) is 5.75 Å². The first-order chi connectivity index (χ1) is 9.83. The lowest BCUT2D eigenvalue weighted by atomic mass is 10.1. The maximum absolute atomic E-state index is 5.77. The minimum atomic E-state index is 0.670. The Labute approximate surface area is 118 Å². The number of hydrogen-bond donors (Lipinski definition) is 1. The van der Waals surface area contributed by atoms with Gasteiger partial charge in [-0.15, -0.1) is 0 Å². The number of rotatable bonds is 5. The summed E-state index contributed by atoms with van der Waals surface area (Å²) in [5.41, 5.74) is 0. The minimum Gasteiger partial charge on any atom is -0.497 e. The van der Waals surface area contributed by atoms with E-state index in [0.29, 0.717) is 5.92 Å². The van der Waals surface area contributed by atoms with Crippen molar-refractivity contribution in [3.8, 4) is 17.2 Å². The molecule has 2 heterocycles. The average Bonchev–Trinajstić information content (AvgIpc) is 3.12. The topological polar surface area (TPSA) is 48.3 Å². The monoisotopic (exact) mass is 273 g/mol. The van der Waals surface area contributed by atoms with E-state index in [0.717, 1.165) is 36.9 Å². The fourth-order valence-electron chi connectivity index (χ4n) is 2.41. The van der Waals surface area contributed by atoms with Crippen molar-refractivity contribution in [1.29, 1.82) is 0 Å². The van der Waals surface area contributed by atoms with Crippen LogP contribution in [0.1, 0.15) is 6.42 Å². The van der Waals surface area contributed by atoms with Crippen LogP contribution < -0.4 is 14.8 Å². The Bertz CT molecular complexity index is 545. The van der Waals surface area contributed by atoms with Crippen LogP contribution >= 0.6 is 0 Å². The van der Waals surface area contributed by atoms with Crippen molar-refractivity contribution in [3.05, 3.63) is 36.7 Å². The Morgan fingerprint density at radius 3 is 2.75 bits per heavy atom. The molecule has 0 radical (unpaired) electrons. The van der Waals surface area contributed by atoms with Gasteiger partial charge in [0.25, 0.3) is 0 Å². The van der Waals surface area contributed by atoms with Crippen molar-refractivity contribution in [2.75, 3.05) is 20.2 Å². The van der Waals surface area contributed by atoms with Crippen LogP contribution in [0.2, 0.25) is 0 Å². The highest BCUT2D eigenvalue weighted by atomic mass is 16.5. The largest absolute Gasteiger partial charge is 0.497 e. The van der Waals surface area contributed by atoms with Gasteiger partial charge >= 0.3 is 0 Å². The maximum atomic E-state index is 5.77. The Balaban J connectivity index is 1.60. The second-order valence-corrected chi connectivity index (χ2v) is 5.03. The van der Waals surface area contributed by atoms with Gasteiger partial charge < -0.3 is 14.8 Å². The van der Waals surface area contributed by atoms with Crippen LogP contribution in [0.5, 0.6) is 17.2 Å². The van der Waals surface area contributed by atoms with Crippen LogP contribution in [0.25, 0.3) is 0 Å². The van der Waals surface area contributed by atoms with E-state index in [4.69, 9.17) is 9.47 Å². The van der Waals surface area contributed by atoms with E-state index in [1.807, 2.05) is 35.1 Å². The molecule has 1 N–H and O–H groups in total. The molecular weight excluding hydrogens is 254 g/mol. The lowest BCUT2D eigenvalue weighted by Crippen LogP contribution is -2.14. The Hall–Kier alpha value is -2.01. The van der Waals surface area contributed by atoms with E-state index in [-0.39, 0.29) is 0 Å². The first kappa shape index (κ1) is 13.0. The van der Waals surface area contributed by atoms with E-state index in [2.05, 4.69) is 10.4 Å². The first-order valence-electron chi connectivity index (χ1n) is 6.88. The highest BCUT2D eigenvalue weighted by molar-refractivity contribution is 5.34. The summed E-state index contributed by atoms with van der Waals surface area (Å²) in [4.78, 5) is 0. The number of benzene rings is 1. The number of hydrogen-bond acceptors (Lipinski definition) is 4. The van der Waals surface area contributed by atoms with E-state index in [1.54, 1.807) is 13.3 Å². The third kappa shape index (κ3) is 3.11. The van der Waals surface area contributed by atoms with Crippen LogP contribution in [0.15, 0.2) is 36.7 Å². The van der Waals surface area contributed by atoms with Crippen molar-refractivity contribution in [2.24, 2.45) is 5.92 Å². The average molecular weight is 273 g/mol. The third-order valence-electron chi connectivity index (χ3n) is 3.51. The van der Waals surface area contributed by atoms with Crippen molar-refractivity contribution < 1.29 is 9.47 Å². The standard InChI is InChI=1S/C15H19N3O2/c1-19-13-2-4-14(5-3-13)20-15-9-17-18(11-15)10-12-6-7-16-8-12/h2-5,9,11-12,16H,6-8,10H2,1H3. The predicted molar refractivity (Wildman–Crippen MR) is 76.3 cm³/mol. The molecule has 1 saturated heterocycles. The number of methoxy groups -OCH3 is 1. The smallest absolute Gasteiger partial charge is 0.165 e. The predicted octanol–water partition coefficient (Wildman–Crippen LogP) is 2.29. The molecule has 1 unspecified atom stereocenters. The molecule has 1 aliphatic heterocycles. The van der Waals surface area contributed by atoms with Crippen molar-refractivity contribution in [3.63, 3.8) is 0 Å². The molecule has 1 aromatic carbocycles. The Kier molecular flexibility index (Phi) is 3.87. The number of nitrogens with zero attached hydrogens (tertiary/aromatic N) is 2. The van der Waals surface area contributed by atoms with Crippen LogP contribution in [0.3, 0.4) is 0 Å². The summed E-state index contributed by atoms with van der Waals surface area (Å²) in [6.45, 7) is 3.13. The summed E-state index contributed by atoms with van der Waals surface area (Å²) in [7, 11) is 1.65. The van der Waals surface area contributed by atoms with Gasteiger partial charge in [0.05, 0.1) is 19.5 Å². The molecule has 0 aliphatic carbocycles. The Morgan fingerprint density at radius 2 is 2.05 bits per heavy atom. The first-order valence-corrected chi connectivity index (χ1v) is 6.88. The molecule has 2 aromatic rings. The number of aromatic nitrogens is 2. The molecule has 5 heteroatoms. The molecule has 1 atom stereocenters. The van der Waals surface area contributed by atoms with Crippen molar-refractivity contribution in [2.45, 2.75) is 13.0 Å². The molecule has 1 fully saturated rings. The molecule has 0 amide bonds. The summed E-state index contributed by atoms with van der Waals surface area (Å²) < 4.78 is 12.8. The van der Waals surface area contributed by atoms with Gasteiger partial charge in [-0.1, -0.05) is 0 Å². The van der Waals surface area contributed by atoms with Gasteiger partial charge in [0.2, 0.25) is 0 Å². The zero-order valence-corrected chi connectivity index (χ0v) is 11.6. The second kappa shape index (κ2) is 5.96. The lowest BCUT2D eigenvalue weighted by molar-refractivity contribution is 0.412. The second-order valence-electron chi connectivity index (χ2n) is 5.03. The zero-order valence-electron chi connectivity index (χ0n) is 11.6. The summed E-state index contributed by atoms with van der Waals surface area (Å²) in [6, 6.07) is 7.53. The lowest BCUT2D eigenvalue weighted by Gasteiger charge is -2.07. The maximum Gasteiger partial charge on any atom is 0.165 e. The van der Waals surface area contributed by atoms with Gasteiger partial charge in [-0.25, -0.2) is 0 Å². The van der Waals surface area contributed by atoms with Crippen molar-refractivity contribution in [1.82, 2.24) is 15.1 Å². The summed E-state index contributed by atoms with van der Waals surface area (Å²) in [5, 5.41) is 7.71. The van der Waals surface area contributed by atoms with E-state index < -0.39 is 0 Å². The molecule has 20 heavy (non-hydrogen) atoms. The van der Waals surface area contributed by atoms with Crippen LogP contribution in [0, 0.1) is 5.92 Å². The number of ether oxygens (including phenoxy) is 2. The molecular formula is C15H19N3O2. The molecule has 0 bridgehead atoms. The third-order valence-corrected chi connectivity index (χ3v) is 3.51. The van der Waals surface area contributed by atoms with Gasteiger partial charge in [-0.05, 0) is 49.7 Å². The zero-order chi connectivity index (χ0) is 13.8. The SMILES string of the molecule is COc1ccc(Oc2cnn(CC3CCNC3)c2)cc1. The van der Waals surface area contributed by atoms with Gasteiger partial charge in [-0.3, -0.25) is 4.68 Å². The van der Waals surface area contributed by atoms with Crippen LogP contribution in [-0.4, -0.2) is 30.0 Å². The van der Waals surface area contributed by atoms with Crippen LogP contribution in [0.4, 0.5) is 0 Å². The van der Waals surface area contributed by atoms with Crippen LogP contribution in [-0.2, 0) is 6.54 Å². The normalized spacial score (nSPS) is 18.1. The molecule has 5 nitrogen and oxygen atoms in total. The van der Waals surface area contributed by atoms with E-state index >= 15 is 0 Å².